The minimum atomic E-state index is -0.422. The number of nitrogens with one attached hydrogen (secondary N) is 2. The highest BCUT2D eigenvalue weighted by Crippen LogP contribution is 2.36. The number of phenols is 1. The molecule has 3 heterocycles. The molecule has 0 bridgehead atoms. The van der Waals surface area contributed by atoms with E-state index in [2.05, 4.69) is 21.7 Å². The first-order chi connectivity index (χ1) is 21.4. The molecule has 1 aliphatic rings. The minimum Gasteiger partial charge on any atom is -0.507 e. The molecular weight excluding hydrogens is 550 g/mol. The molecule has 8 heteroatoms. The Labute approximate surface area is 256 Å². The number of para-hydroxylation sites is 2. The maximum atomic E-state index is 13.6. The van der Waals surface area contributed by atoms with Crippen molar-refractivity contribution < 1.29 is 14.7 Å². The van der Waals surface area contributed by atoms with Gasteiger partial charge in [-0.2, -0.15) is 5.26 Å². The molecule has 0 saturated carbocycles. The molecule has 0 aliphatic carbocycles. The summed E-state index contributed by atoms with van der Waals surface area (Å²) in [5, 5.41) is 28.3. The first-order valence-corrected chi connectivity index (χ1v) is 14.9. The summed E-state index contributed by atoms with van der Waals surface area (Å²) in [4.78, 5) is 31.4. The Bertz CT molecular complexity index is 1910. The van der Waals surface area contributed by atoms with Gasteiger partial charge in [0.1, 0.15) is 23.1 Å². The lowest BCUT2D eigenvalue weighted by Gasteiger charge is -2.15. The smallest absolute Gasteiger partial charge is 0.273 e. The van der Waals surface area contributed by atoms with E-state index in [1.54, 1.807) is 59.2 Å². The number of Topliss-reactive ketones (excluding diaryl/α,β-unsaturated/α-hetero) is 1. The Morgan fingerprint density at radius 2 is 1.86 bits per heavy atom. The van der Waals surface area contributed by atoms with Crippen molar-refractivity contribution in [3.63, 3.8) is 0 Å². The number of rotatable bonds is 9. The molecule has 1 saturated heterocycles. The summed E-state index contributed by atoms with van der Waals surface area (Å²) in [5.74, 6) is -0.294. The highest BCUT2D eigenvalue weighted by atomic mass is 16.3. The monoisotopic (exact) mass is 583 g/mol. The number of anilines is 1. The van der Waals surface area contributed by atoms with Crippen molar-refractivity contribution in [1.29, 1.82) is 5.26 Å². The van der Waals surface area contributed by atoms with Crippen LogP contribution in [-0.2, 0) is 7.05 Å². The lowest BCUT2D eigenvalue weighted by molar-refractivity contribution is 0.0977. The fourth-order valence-corrected chi connectivity index (χ4v) is 6.00. The predicted octanol–water partition coefficient (Wildman–Crippen LogP) is 6.84. The number of benzene rings is 3. The molecule has 6 rings (SSSR count). The van der Waals surface area contributed by atoms with Gasteiger partial charge in [-0.05, 0) is 74.2 Å². The standard InChI is InChI=1S/C36H33N5O3/c1-41-31-15-4-2-9-24(31)20-32(41)36(44)40-35-29(22-37)28(21-30(39-35)27-14-3-5-16-34(27)43)23-10-6-11-25(19-23)33(42)17-7-12-26-13-8-18-38-26/h2-6,9-11,14-16,19-21,26,38,43H,7-8,12-13,17-18H2,1H3,(H,39,40,44). The second-order valence-electron chi connectivity index (χ2n) is 11.2. The van der Waals surface area contributed by atoms with Crippen molar-refractivity contribution in [3.8, 4) is 34.2 Å². The molecule has 2 aromatic heterocycles. The lowest BCUT2D eigenvalue weighted by Crippen LogP contribution is -2.21. The van der Waals surface area contributed by atoms with Gasteiger partial charge in [0, 0.05) is 47.1 Å². The van der Waals surface area contributed by atoms with Crippen LogP contribution >= 0.6 is 0 Å². The van der Waals surface area contributed by atoms with Crippen LogP contribution in [0.25, 0.3) is 33.3 Å². The average molecular weight is 584 g/mol. The number of amides is 1. The first-order valence-electron chi connectivity index (χ1n) is 14.9. The molecule has 220 valence electrons. The van der Waals surface area contributed by atoms with Crippen molar-refractivity contribution in [2.24, 2.45) is 7.05 Å². The molecule has 0 radical (unpaired) electrons. The number of carbonyl (C=O) groups is 2. The van der Waals surface area contributed by atoms with Gasteiger partial charge in [-0.15, -0.1) is 0 Å². The van der Waals surface area contributed by atoms with Gasteiger partial charge in [0.2, 0.25) is 0 Å². The Balaban J connectivity index is 1.38. The summed E-state index contributed by atoms with van der Waals surface area (Å²) in [6.07, 6.45) is 4.56. The van der Waals surface area contributed by atoms with E-state index >= 15 is 0 Å². The SMILES string of the molecule is Cn1c(C(=O)Nc2nc(-c3ccccc3O)cc(-c3cccc(C(=O)CCCC4CCCN4)c3)c2C#N)cc2ccccc21. The number of aromatic nitrogens is 2. The zero-order valence-electron chi connectivity index (χ0n) is 24.5. The van der Waals surface area contributed by atoms with Crippen LogP contribution in [0.4, 0.5) is 5.82 Å². The number of phenolic OH excluding ortho intramolecular Hbond substituents is 1. The predicted molar refractivity (Wildman–Crippen MR) is 172 cm³/mol. The summed E-state index contributed by atoms with van der Waals surface area (Å²) in [5.41, 5.74) is 4.00. The van der Waals surface area contributed by atoms with Gasteiger partial charge in [0.25, 0.3) is 5.91 Å². The van der Waals surface area contributed by atoms with E-state index in [9.17, 15) is 20.0 Å². The Kier molecular flexibility index (Phi) is 8.22. The van der Waals surface area contributed by atoms with Crippen LogP contribution in [-0.4, -0.2) is 38.9 Å². The number of aryl methyl sites for hydroxylation is 1. The number of carbonyl (C=O) groups excluding carboxylic acids is 2. The topological polar surface area (TPSA) is 120 Å². The van der Waals surface area contributed by atoms with E-state index < -0.39 is 5.91 Å². The molecular formula is C36H33N5O3. The zero-order chi connectivity index (χ0) is 30.6. The fourth-order valence-electron chi connectivity index (χ4n) is 6.00. The third-order valence-electron chi connectivity index (χ3n) is 8.34. The summed E-state index contributed by atoms with van der Waals surface area (Å²) in [6.45, 7) is 1.04. The molecule has 1 fully saturated rings. The van der Waals surface area contributed by atoms with Crippen molar-refractivity contribution in [2.45, 2.75) is 38.1 Å². The van der Waals surface area contributed by atoms with Crippen LogP contribution in [0.3, 0.4) is 0 Å². The Morgan fingerprint density at radius 3 is 2.64 bits per heavy atom. The second-order valence-corrected chi connectivity index (χ2v) is 11.2. The number of nitrogens with zero attached hydrogens (tertiary/aromatic N) is 3. The normalized spacial score (nSPS) is 14.4. The summed E-state index contributed by atoms with van der Waals surface area (Å²) < 4.78 is 1.79. The van der Waals surface area contributed by atoms with Gasteiger partial charge in [-0.3, -0.25) is 9.59 Å². The minimum absolute atomic E-state index is 0.0160. The molecule has 1 amide bonds. The van der Waals surface area contributed by atoms with Crippen molar-refractivity contribution >= 4 is 28.4 Å². The molecule has 1 unspecified atom stereocenters. The van der Waals surface area contributed by atoms with E-state index in [0.29, 0.717) is 46.1 Å². The zero-order valence-corrected chi connectivity index (χ0v) is 24.5. The summed E-state index contributed by atoms with van der Waals surface area (Å²) in [7, 11) is 1.81. The van der Waals surface area contributed by atoms with Crippen LogP contribution in [0.2, 0.25) is 0 Å². The highest BCUT2D eigenvalue weighted by Gasteiger charge is 2.22. The van der Waals surface area contributed by atoms with Crippen molar-refractivity contribution in [1.82, 2.24) is 14.9 Å². The summed E-state index contributed by atoms with van der Waals surface area (Å²) in [6, 6.07) is 27.9. The quantitative estimate of drug-likeness (QED) is 0.163. The second kappa shape index (κ2) is 12.5. The third kappa shape index (κ3) is 5.83. The van der Waals surface area contributed by atoms with Gasteiger partial charge in [0.05, 0.1) is 5.69 Å². The van der Waals surface area contributed by atoms with Crippen LogP contribution < -0.4 is 10.6 Å². The summed E-state index contributed by atoms with van der Waals surface area (Å²) >= 11 is 0. The van der Waals surface area contributed by atoms with E-state index in [0.717, 1.165) is 36.7 Å². The Morgan fingerprint density at radius 1 is 1.05 bits per heavy atom. The van der Waals surface area contributed by atoms with Crippen LogP contribution in [0.15, 0.2) is 84.9 Å². The lowest BCUT2D eigenvalue weighted by atomic mass is 9.95. The largest absolute Gasteiger partial charge is 0.507 e. The third-order valence-corrected chi connectivity index (χ3v) is 8.34. The van der Waals surface area contributed by atoms with E-state index in [-0.39, 0.29) is 22.9 Å². The van der Waals surface area contributed by atoms with Gasteiger partial charge < -0.3 is 20.3 Å². The molecule has 8 nitrogen and oxygen atoms in total. The fraction of sp³-hybridized carbons (Fsp3) is 0.222. The number of fused-ring (bicyclic) bond motifs is 1. The van der Waals surface area contributed by atoms with E-state index in [1.807, 2.05) is 37.4 Å². The molecule has 3 aromatic carbocycles. The molecule has 3 N–H and O–H groups in total. The number of pyridine rings is 1. The van der Waals surface area contributed by atoms with E-state index in [1.165, 1.54) is 6.42 Å². The molecule has 44 heavy (non-hydrogen) atoms. The first kappa shape index (κ1) is 28.8. The van der Waals surface area contributed by atoms with Gasteiger partial charge in [-0.25, -0.2) is 4.98 Å². The van der Waals surface area contributed by atoms with Crippen molar-refractivity contribution in [2.75, 3.05) is 11.9 Å². The molecule has 5 aromatic rings. The number of ketones is 1. The molecule has 1 atom stereocenters. The Hall–Kier alpha value is -5.26. The van der Waals surface area contributed by atoms with Gasteiger partial charge >= 0.3 is 0 Å². The average Bonchev–Trinajstić information content (AvgIpc) is 3.69. The van der Waals surface area contributed by atoms with Gasteiger partial charge in [0.15, 0.2) is 11.6 Å². The number of hydrogen-bond acceptors (Lipinski definition) is 6. The highest BCUT2D eigenvalue weighted by molar-refractivity contribution is 6.07. The molecule has 0 spiro atoms. The van der Waals surface area contributed by atoms with Gasteiger partial charge in [-0.1, -0.05) is 48.5 Å². The van der Waals surface area contributed by atoms with Crippen molar-refractivity contribution in [3.05, 3.63) is 102 Å². The van der Waals surface area contributed by atoms with E-state index in [4.69, 9.17) is 0 Å². The number of aromatic hydroxyl groups is 1. The maximum Gasteiger partial charge on any atom is 0.273 e. The number of nitriles is 1. The van der Waals surface area contributed by atoms with Crippen LogP contribution in [0.5, 0.6) is 5.75 Å². The van der Waals surface area contributed by atoms with Crippen LogP contribution in [0.1, 0.15) is 58.5 Å². The number of hydrogen-bond donors (Lipinski definition) is 3. The maximum absolute atomic E-state index is 13.6. The molecule has 1 aliphatic heterocycles. The van der Waals surface area contributed by atoms with Crippen LogP contribution in [0, 0.1) is 11.3 Å².